The largest absolute Gasteiger partial charge is 0.103 e. The Bertz CT molecular complexity index is 71.3. The summed E-state index contributed by atoms with van der Waals surface area (Å²) in [6.07, 6.45) is 5.50. The second kappa shape index (κ2) is 6.81. The number of hydrogen-bond acceptors (Lipinski definition) is 0. The van der Waals surface area contributed by atoms with Gasteiger partial charge in [0.15, 0.2) is 0 Å². The fourth-order valence-electron chi connectivity index (χ4n) is 0.597. The summed E-state index contributed by atoms with van der Waals surface area (Å²) in [5.74, 6) is 0. The highest BCUT2D eigenvalue weighted by molar-refractivity contribution is 9.09. The molecule has 0 radical (unpaired) electrons. The SMILES string of the molecule is C=CCC(Br)CCCBr. The number of rotatable bonds is 5. The number of allylic oxidation sites excluding steroid dienone is 1. The minimum absolute atomic E-state index is 0.632. The van der Waals surface area contributed by atoms with Crippen molar-refractivity contribution >= 4 is 31.9 Å². The molecular formula is C7H12Br2. The molecule has 0 aliphatic rings. The molecule has 54 valence electrons. The monoisotopic (exact) mass is 254 g/mol. The molecule has 1 unspecified atom stereocenters. The lowest BCUT2D eigenvalue weighted by atomic mass is 10.2. The van der Waals surface area contributed by atoms with Crippen LogP contribution in [0, 0.1) is 0 Å². The van der Waals surface area contributed by atoms with Gasteiger partial charge < -0.3 is 0 Å². The summed E-state index contributed by atoms with van der Waals surface area (Å²) in [6.45, 7) is 3.67. The van der Waals surface area contributed by atoms with Crippen molar-refractivity contribution in [2.45, 2.75) is 24.1 Å². The quantitative estimate of drug-likeness (QED) is 0.521. The van der Waals surface area contributed by atoms with E-state index >= 15 is 0 Å². The molecule has 0 aliphatic heterocycles. The second-order valence-corrected chi connectivity index (χ2v) is 4.04. The van der Waals surface area contributed by atoms with Gasteiger partial charge in [0.1, 0.15) is 0 Å². The molecule has 0 fully saturated rings. The van der Waals surface area contributed by atoms with Crippen molar-refractivity contribution in [1.29, 1.82) is 0 Å². The lowest BCUT2D eigenvalue weighted by Crippen LogP contribution is -1.94. The van der Waals surface area contributed by atoms with Crippen molar-refractivity contribution < 1.29 is 0 Å². The van der Waals surface area contributed by atoms with Crippen LogP contribution in [0.1, 0.15) is 19.3 Å². The van der Waals surface area contributed by atoms with Gasteiger partial charge in [0.25, 0.3) is 0 Å². The molecule has 0 aromatic carbocycles. The number of hydrogen-bond donors (Lipinski definition) is 0. The van der Waals surface area contributed by atoms with Gasteiger partial charge in [0.2, 0.25) is 0 Å². The van der Waals surface area contributed by atoms with Crippen LogP contribution < -0.4 is 0 Å². The van der Waals surface area contributed by atoms with Crippen molar-refractivity contribution in [2.24, 2.45) is 0 Å². The fraction of sp³-hybridized carbons (Fsp3) is 0.714. The third-order valence-corrected chi connectivity index (χ3v) is 2.47. The molecule has 0 aromatic heterocycles. The summed E-state index contributed by atoms with van der Waals surface area (Å²) in [7, 11) is 0. The van der Waals surface area contributed by atoms with E-state index in [9.17, 15) is 0 Å². The zero-order valence-corrected chi connectivity index (χ0v) is 8.62. The van der Waals surface area contributed by atoms with Crippen LogP contribution in [-0.2, 0) is 0 Å². The zero-order chi connectivity index (χ0) is 7.11. The third kappa shape index (κ3) is 6.59. The molecule has 0 aromatic rings. The Labute approximate surface area is 74.0 Å². The van der Waals surface area contributed by atoms with E-state index in [-0.39, 0.29) is 0 Å². The van der Waals surface area contributed by atoms with Crippen LogP contribution >= 0.6 is 31.9 Å². The molecule has 1 atom stereocenters. The molecule has 0 spiro atoms. The highest BCUT2D eigenvalue weighted by atomic mass is 79.9. The Balaban J connectivity index is 3.04. The molecule has 0 amide bonds. The van der Waals surface area contributed by atoms with E-state index < -0.39 is 0 Å². The van der Waals surface area contributed by atoms with Gasteiger partial charge in [-0.25, -0.2) is 0 Å². The molecular weight excluding hydrogens is 244 g/mol. The second-order valence-electron chi connectivity index (χ2n) is 1.95. The fourth-order valence-corrected chi connectivity index (χ4v) is 1.51. The average Bonchev–Trinajstić information content (AvgIpc) is 1.85. The smallest absolute Gasteiger partial charge is 0.0180 e. The number of halogens is 2. The first-order chi connectivity index (χ1) is 4.31. The summed E-state index contributed by atoms with van der Waals surface area (Å²) >= 11 is 6.93. The van der Waals surface area contributed by atoms with Gasteiger partial charge in [-0.1, -0.05) is 37.9 Å². The van der Waals surface area contributed by atoms with Crippen LogP contribution in [0.3, 0.4) is 0 Å². The maximum absolute atomic E-state index is 3.67. The van der Waals surface area contributed by atoms with Crippen LogP contribution in [0.15, 0.2) is 12.7 Å². The summed E-state index contributed by atoms with van der Waals surface area (Å²) in [6, 6.07) is 0. The zero-order valence-electron chi connectivity index (χ0n) is 5.45. The summed E-state index contributed by atoms with van der Waals surface area (Å²) in [4.78, 5) is 0.632. The van der Waals surface area contributed by atoms with E-state index in [0.717, 1.165) is 11.8 Å². The predicted molar refractivity (Wildman–Crippen MR) is 50.6 cm³/mol. The van der Waals surface area contributed by atoms with Crippen LogP contribution in [0.5, 0.6) is 0 Å². The van der Waals surface area contributed by atoms with Crippen molar-refractivity contribution in [3.63, 3.8) is 0 Å². The molecule has 0 nitrogen and oxygen atoms in total. The predicted octanol–water partition coefficient (Wildman–Crippen LogP) is 3.50. The highest BCUT2D eigenvalue weighted by Gasteiger charge is 1.98. The minimum Gasteiger partial charge on any atom is -0.103 e. The Morgan fingerprint density at radius 1 is 1.56 bits per heavy atom. The first-order valence-electron chi connectivity index (χ1n) is 3.12. The first-order valence-corrected chi connectivity index (χ1v) is 5.16. The van der Waals surface area contributed by atoms with Crippen molar-refractivity contribution in [1.82, 2.24) is 0 Å². The minimum atomic E-state index is 0.632. The van der Waals surface area contributed by atoms with Crippen LogP contribution in [-0.4, -0.2) is 10.2 Å². The summed E-state index contributed by atoms with van der Waals surface area (Å²) in [5, 5.41) is 1.10. The lowest BCUT2D eigenvalue weighted by molar-refractivity contribution is 0.765. The molecule has 0 saturated heterocycles. The van der Waals surface area contributed by atoms with Gasteiger partial charge in [0, 0.05) is 10.2 Å². The van der Waals surface area contributed by atoms with Crippen LogP contribution in [0.25, 0.3) is 0 Å². The van der Waals surface area contributed by atoms with E-state index in [4.69, 9.17) is 0 Å². The first kappa shape index (κ1) is 9.70. The topological polar surface area (TPSA) is 0 Å². The standard InChI is InChI=1S/C7H12Br2/c1-2-4-7(9)5-3-6-8/h2,7H,1,3-6H2. The van der Waals surface area contributed by atoms with E-state index in [1.165, 1.54) is 12.8 Å². The van der Waals surface area contributed by atoms with Gasteiger partial charge in [-0.2, -0.15) is 0 Å². The molecule has 0 saturated carbocycles. The highest BCUT2D eigenvalue weighted by Crippen LogP contribution is 2.12. The average molecular weight is 256 g/mol. The van der Waals surface area contributed by atoms with Gasteiger partial charge >= 0.3 is 0 Å². The Morgan fingerprint density at radius 3 is 2.67 bits per heavy atom. The Kier molecular flexibility index (Phi) is 7.34. The van der Waals surface area contributed by atoms with Crippen LogP contribution in [0.4, 0.5) is 0 Å². The molecule has 2 heteroatoms. The third-order valence-electron chi connectivity index (χ3n) is 1.07. The van der Waals surface area contributed by atoms with E-state index in [0.29, 0.717) is 4.83 Å². The van der Waals surface area contributed by atoms with Crippen molar-refractivity contribution in [3.8, 4) is 0 Å². The van der Waals surface area contributed by atoms with Crippen LogP contribution in [0.2, 0.25) is 0 Å². The Hall–Kier alpha value is 0.700. The van der Waals surface area contributed by atoms with Crippen molar-refractivity contribution in [3.05, 3.63) is 12.7 Å². The molecule has 9 heavy (non-hydrogen) atoms. The normalized spacial score (nSPS) is 13.1. The molecule has 0 N–H and O–H groups in total. The molecule has 0 heterocycles. The summed E-state index contributed by atoms with van der Waals surface area (Å²) in [5.41, 5.74) is 0. The van der Waals surface area contributed by atoms with E-state index in [2.05, 4.69) is 38.4 Å². The molecule has 0 bridgehead atoms. The molecule has 0 aliphatic carbocycles. The van der Waals surface area contributed by atoms with E-state index in [1.807, 2.05) is 6.08 Å². The van der Waals surface area contributed by atoms with Crippen molar-refractivity contribution in [2.75, 3.05) is 5.33 Å². The Morgan fingerprint density at radius 2 is 2.22 bits per heavy atom. The van der Waals surface area contributed by atoms with E-state index in [1.54, 1.807) is 0 Å². The number of alkyl halides is 2. The summed E-state index contributed by atoms with van der Waals surface area (Å²) < 4.78 is 0. The molecule has 0 rings (SSSR count). The lowest BCUT2D eigenvalue weighted by Gasteiger charge is -2.02. The van der Waals surface area contributed by atoms with Gasteiger partial charge in [-0.3, -0.25) is 0 Å². The van der Waals surface area contributed by atoms with Gasteiger partial charge in [0.05, 0.1) is 0 Å². The van der Waals surface area contributed by atoms with Gasteiger partial charge in [-0.15, -0.1) is 6.58 Å². The maximum atomic E-state index is 3.67. The van der Waals surface area contributed by atoms with Gasteiger partial charge in [-0.05, 0) is 19.3 Å². The maximum Gasteiger partial charge on any atom is 0.0180 e.